The van der Waals surface area contributed by atoms with Gasteiger partial charge in [-0.15, -0.1) is 6.58 Å². The molecule has 0 aliphatic carbocycles. The van der Waals surface area contributed by atoms with Crippen molar-refractivity contribution in [3.05, 3.63) is 58.4 Å². The molecule has 0 saturated carbocycles. The van der Waals surface area contributed by atoms with Gasteiger partial charge in [-0.25, -0.2) is 0 Å². The van der Waals surface area contributed by atoms with Gasteiger partial charge in [-0.1, -0.05) is 36.9 Å². The third kappa shape index (κ3) is 4.08. The Bertz CT molecular complexity index is 906. The lowest BCUT2D eigenvalue weighted by Crippen LogP contribution is -2.33. The van der Waals surface area contributed by atoms with E-state index < -0.39 is 0 Å². The van der Waals surface area contributed by atoms with E-state index in [4.69, 9.17) is 4.74 Å². The minimum atomic E-state index is -0.321. The summed E-state index contributed by atoms with van der Waals surface area (Å²) in [4.78, 5) is 29.3. The molecule has 1 N–H and O–H groups in total. The quantitative estimate of drug-likeness (QED) is 0.450. The fourth-order valence-electron chi connectivity index (χ4n) is 3.10. The number of hydrogen-bond donors (Lipinski definition) is 1. The van der Waals surface area contributed by atoms with E-state index in [9.17, 15) is 9.59 Å². The first-order valence-corrected chi connectivity index (χ1v) is 9.91. The Morgan fingerprint density at radius 3 is 2.78 bits per heavy atom. The SMILES string of the molecule is C=CCSc1nc(=O)c2c(n1C)NC(=O)CC2c1ccc(OCCC)cc1. The first-order valence-electron chi connectivity index (χ1n) is 8.92. The number of carbonyl (C=O) groups is 1. The van der Waals surface area contributed by atoms with Crippen LogP contribution in [0.2, 0.25) is 0 Å². The highest BCUT2D eigenvalue weighted by Crippen LogP contribution is 2.36. The van der Waals surface area contributed by atoms with Crippen LogP contribution in [0.3, 0.4) is 0 Å². The van der Waals surface area contributed by atoms with Gasteiger partial charge in [-0.3, -0.25) is 9.59 Å². The third-order valence-corrected chi connectivity index (χ3v) is 5.41. The zero-order valence-electron chi connectivity index (χ0n) is 15.5. The summed E-state index contributed by atoms with van der Waals surface area (Å²) in [5.41, 5.74) is 1.13. The molecule has 142 valence electrons. The van der Waals surface area contributed by atoms with E-state index >= 15 is 0 Å². The van der Waals surface area contributed by atoms with Crippen molar-refractivity contribution in [3.8, 4) is 5.75 Å². The van der Waals surface area contributed by atoms with Crippen molar-refractivity contribution in [1.82, 2.24) is 9.55 Å². The second kappa shape index (κ2) is 8.43. The minimum absolute atomic E-state index is 0.111. The van der Waals surface area contributed by atoms with E-state index in [1.165, 1.54) is 11.8 Å². The maximum Gasteiger partial charge on any atom is 0.279 e. The second-order valence-corrected chi connectivity index (χ2v) is 7.33. The Labute approximate surface area is 162 Å². The highest BCUT2D eigenvalue weighted by molar-refractivity contribution is 7.99. The van der Waals surface area contributed by atoms with Gasteiger partial charge in [0.1, 0.15) is 11.6 Å². The fraction of sp³-hybridized carbons (Fsp3) is 0.350. The van der Waals surface area contributed by atoms with Crippen molar-refractivity contribution in [3.63, 3.8) is 0 Å². The standard InChI is InChI=1S/C20H23N3O3S/c1-4-10-26-14-8-6-13(7-9-14)15-12-16(24)21-18-17(15)19(25)22-20(23(18)3)27-11-5-2/h5-9,15H,2,4,10-12H2,1,3H3,(H,21,24). The van der Waals surface area contributed by atoms with Gasteiger partial charge < -0.3 is 14.6 Å². The normalized spacial score (nSPS) is 15.8. The van der Waals surface area contributed by atoms with Crippen molar-refractivity contribution in [1.29, 1.82) is 0 Å². The van der Waals surface area contributed by atoms with Crippen molar-refractivity contribution in [2.75, 3.05) is 17.7 Å². The molecule has 1 atom stereocenters. The summed E-state index contributed by atoms with van der Waals surface area (Å²) >= 11 is 1.41. The average Bonchev–Trinajstić information content (AvgIpc) is 2.67. The second-order valence-electron chi connectivity index (χ2n) is 6.34. The Morgan fingerprint density at radius 2 is 2.11 bits per heavy atom. The Hall–Kier alpha value is -2.54. The van der Waals surface area contributed by atoms with Gasteiger partial charge in [0.2, 0.25) is 5.91 Å². The van der Waals surface area contributed by atoms with E-state index in [0.717, 1.165) is 17.7 Å². The van der Waals surface area contributed by atoms with E-state index in [2.05, 4.69) is 23.8 Å². The largest absolute Gasteiger partial charge is 0.494 e. The molecule has 2 aromatic rings. The molecule has 1 amide bonds. The molecule has 1 aromatic carbocycles. The van der Waals surface area contributed by atoms with Crippen LogP contribution in [-0.4, -0.2) is 27.8 Å². The molecule has 6 nitrogen and oxygen atoms in total. The number of benzene rings is 1. The van der Waals surface area contributed by atoms with Crippen LogP contribution in [0.1, 0.15) is 36.8 Å². The lowest BCUT2D eigenvalue weighted by molar-refractivity contribution is -0.116. The van der Waals surface area contributed by atoms with Crippen LogP contribution in [-0.2, 0) is 11.8 Å². The molecule has 2 heterocycles. The van der Waals surface area contributed by atoms with Crippen LogP contribution < -0.4 is 15.6 Å². The zero-order chi connectivity index (χ0) is 19.4. The van der Waals surface area contributed by atoms with Crippen molar-refractivity contribution < 1.29 is 9.53 Å². The summed E-state index contributed by atoms with van der Waals surface area (Å²) in [6.07, 6.45) is 2.91. The number of thioether (sulfide) groups is 1. The molecule has 1 unspecified atom stereocenters. The van der Waals surface area contributed by atoms with Crippen LogP contribution in [0.15, 0.2) is 46.9 Å². The van der Waals surface area contributed by atoms with Gasteiger partial charge in [-0.05, 0) is 24.1 Å². The number of hydrogen-bond acceptors (Lipinski definition) is 5. The van der Waals surface area contributed by atoms with Gasteiger partial charge >= 0.3 is 0 Å². The van der Waals surface area contributed by atoms with Crippen LogP contribution in [0, 0.1) is 0 Å². The minimum Gasteiger partial charge on any atom is -0.494 e. The van der Waals surface area contributed by atoms with Gasteiger partial charge in [0.05, 0.1) is 12.2 Å². The lowest BCUT2D eigenvalue weighted by Gasteiger charge is -2.27. The van der Waals surface area contributed by atoms with Gasteiger partial charge in [-0.2, -0.15) is 4.98 Å². The van der Waals surface area contributed by atoms with Crippen LogP contribution in [0.4, 0.5) is 5.82 Å². The Balaban J connectivity index is 2.00. The van der Waals surface area contributed by atoms with Gasteiger partial charge in [0.15, 0.2) is 5.16 Å². The molecule has 0 spiro atoms. The molecule has 1 aromatic heterocycles. The maximum absolute atomic E-state index is 12.8. The smallest absolute Gasteiger partial charge is 0.279 e. The number of rotatable bonds is 7. The number of anilines is 1. The summed E-state index contributed by atoms with van der Waals surface area (Å²) < 4.78 is 7.39. The molecule has 1 aliphatic rings. The Kier molecular flexibility index (Phi) is 6.01. The average molecular weight is 385 g/mol. The van der Waals surface area contributed by atoms with E-state index in [1.54, 1.807) is 17.7 Å². The molecule has 7 heteroatoms. The molecule has 27 heavy (non-hydrogen) atoms. The summed E-state index contributed by atoms with van der Waals surface area (Å²) in [6.45, 7) is 6.40. The number of ether oxygens (including phenoxy) is 1. The molecule has 1 aliphatic heterocycles. The number of aromatic nitrogens is 2. The first-order chi connectivity index (χ1) is 13.0. The molecule has 0 saturated heterocycles. The van der Waals surface area contributed by atoms with Crippen LogP contribution >= 0.6 is 11.8 Å². The molecular formula is C20H23N3O3S. The molecule has 0 bridgehead atoms. The summed E-state index contributed by atoms with van der Waals surface area (Å²) in [7, 11) is 1.81. The number of nitrogens with zero attached hydrogens (tertiary/aromatic N) is 2. The van der Waals surface area contributed by atoms with Gasteiger partial charge in [0, 0.05) is 25.1 Å². The number of nitrogens with one attached hydrogen (secondary N) is 1. The number of carbonyl (C=O) groups excluding carboxylic acids is 1. The summed E-state index contributed by atoms with van der Waals surface area (Å²) in [5.74, 6) is 1.51. The van der Waals surface area contributed by atoms with E-state index in [1.807, 2.05) is 24.3 Å². The Morgan fingerprint density at radius 1 is 1.37 bits per heavy atom. The third-order valence-electron chi connectivity index (χ3n) is 4.39. The summed E-state index contributed by atoms with van der Waals surface area (Å²) in [5, 5.41) is 3.40. The molecule has 3 rings (SSSR count). The maximum atomic E-state index is 12.8. The van der Waals surface area contributed by atoms with E-state index in [-0.39, 0.29) is 23.8 Å². The van der Waals surface area contributed by atoms with Crippen LogP contribution in [0.5, 0.6) is 5.75 Å². The lowest BCUT2D eigenvalue weighted by atomic mass is 9.87. The molecular weight excluding hydrogens is 362 g/mol. The highest BCUT2D eigenvalue weighted by Gasteiger charge is 2.32. The predicted octanol–water partition coefficient (Wildman–Crippen LogP) is 3.32. The van der Waals surface area contributed by atoms with E-state index in [0.29, 0.717) is 28.9 Å². The van der Waals surface area contributed by atoms with Gasteiger partial charge in [0.25, 0.3) is 5.56 Å². The topological polar surface area (TPSA) is 73.2 Å². The fourth-order valence-corrected chi connectivity index (χ4v) is 3.80. The van der Waals surface area contributed by atoms with Crippen molar-refractivity contribution in [2.24, 2.45) is 7.05 Å². The molecule has 0 radical (unpaired) electrons. The summed E-state index contributed by atoms with van der Waals surface area (Å²) in [6, 6.07) is 7.59. The highest BCUT2D eigenvalue weighted by atomic mass is 32.2. The predicted molar refractivity (Wildman–Crippen MR) is 108 cm³/mol. The first kappa shape index (κ1) is 19.2. The molecule has 0 fully saturated rings. The van der Waals surface area contributed by atoms with Crippen LogP contribution in [0.25, 0.3) is 0 Å². The monoisotopic (exact) mass is 385 g/mol. The number of amides is 1. The van der Waals surface area contributed by atoms with Crippen molar-refractivity contribution >= 4 is 23.5 Å². The number of fused-ring (bicyclic) bond motifs is 1. The van der Waals surface area contributed by atoms with Crippen molar-refractivity contribution in [2.45, 2.75) is 30.8 Å². The zero-order valence-corrected chi connectivity index (χ0v) is 16.3.